The SMILES string of the molecule is COC1C(=O)CC1OC1CCC(C)C(C)C1. The summed E-state index contributed by atoms with van der Waals surface area (Å²) in [6, 6.07) is 0. The molecule has 0 bridgehead atoms. The highest BCUT2D eigenvalue weighted by Gasteiger charge is 2.42. The van der Waals surface area contributed by atoms with E-state index in [1.54, 1.807) is 7.11 Å². The van der Waals surface area contributed by atoms with E-state index < -0.39 is 0 Å². The molecule has 0 spiro atoms. The predicted molar refractivity (Wildman–Crippen MR) is 61.3 cm³/mol. The Labute approximate surface area is 97.5 Å². The molecular formula is C13H22O3. The van der Waals surface area contributed by atoms with Gasteiger partial charge >= 0.3 is 0 Å². The molecule has 0 heterocycles. The van der Waals surface area contributed by atoms with Crippen molar-refractivity contribution >= 4 is 5.78 Å². The minimum Gasteiger partial charge on any atom is -0.371 e. The summed E-state index contributed by atoms with van der Waals surface area (Å²) in [7, 11) is 1.59. The molecule has 5 unspecified atom stereocenters. The van der Waals surface area contributed by atoms with Crippen molar-refractivity contribution in [1.29, 1.82) is 0 Å². The lowest BCUT2D eigenvalue weighted by Gasteiger charge is -2.39. The van der Waals surface area contributed by atoms with Gasteiger partial charge in [0.2, 0.25) is 0 Å². The number of ether oxygens (including phenoxy) is 2. The second-order valence-electron chi connectivity index (χ2n) is 5.39. The van der Waals surface area contributed by atoms with Crippen molar-refractivity contribution in [2.75, 3.05) is 7.11 Å². The Hall–Kier alpha value is -0.410. The molecule has 0 saturated heterocycles. The van der Waals surface area contributed by atoms with E-state index in [9.17, 15) is 4.79 Å². The van der Waals surface area contributed by atoms with Gasteiger partial charge in [-0.15, -0.1) is 0 Å². The van der Waals surface area contributed by atoms with Crippen LogP contribution in [-0.2, 0) is 14.3 Å². The van der Waals surface area contributed by atoms with Gasteiger partial charge in [0.15, 0.2) is 5.78 Å². The van der Waals surface area contributed by atoms with Gasteiger partial charge in [-0.25, -0.2) is 0 Å². The van der Waals surface area contributed by atoms with Gasteiger partial charge < -0.3 is 9.47 Å². The lowest BCUT2D eigenvalue weighted by molar-refractivity contribution is -0.173. The topological polar surface area (TPSA) is 35.5 Å². The molecule has 5 atom stereocenters. The molecule has 0 aromatic rings. The van der Waals surface area contributed by atoms with E-state index in [0.717, 1.165) is 24.7 Å². The fraction of sp³-hybridized carbons (Fsp3) is 0.923. The minimum atomic E-state index is -0.297. The van der Waals surface area contributed by atoms with E-state index in [2.05, 4.69) is 13.8 Å². The third-order valence-corrected chi connectivity index (χ3v) is 4.23. The van der Waals surface area contributed by atoms with E-state index >= 15 is 0 Å². The number of ketones is 1. The summed E-state index contributed by atoms with van der Waals surface area (Å²) in [6.45, 7) is 4.60. The van der Waals surface area contributed by atoms with Crippen molar-refractivity contribution in [2.24, 2.45) is 11.8 Å². The molecular weight excluding hydrogens is 204 g/mol. The van der Waals surface area contributed by atoms with Gasteiger partial charge in [0.05, 0.1) is 12.2 Å². The first-order chi connectivity index (χ1) is 7.61. The third kappa shape index (κ3) is 2.30. The van der Waals surface area contributed by atoms with Crippen LogP contribution >= 0.6 is 0 Å². The molecule has 2 saturated carbocycles. The summed E-state index contributed by atoms with van der Waals surface area (Å²) >= 11 is 0. The Morgan fingerprint density at radius 3 is 2.50 bits per heavy atom. The van der Waals surface area contributed by atoms with Gasteiger partial charge in [0.25, 0.3) is 0 Å². The molecule has 92 valence electrons. The summed E-state index contributed by atoms with van der Waals surface area (Å²) in [6.07, 6.45) is 4.09. The quantitative estimate of drug-likeness (QED) is 0.740. The normalized spacial score (nSPS) is 44.2. The van der Waals surface area contributed by atoms with Crippen molar-refractivity contribution in [3.8, 4) is 0 Å². The van der Waals surface area contributed by atoms with E-state index in [1.807, 2.05) is 0 Å². The molecule has 2 fully saturated rings. The first-order valence-electron chi connectivity index (χ1n) is 6.32. The molecule has 2 aliphatic rings. The Morgan fingerprint density at radius 2 is 1.94 bits per heavy atom. The van der Waals surface area contributed by atoms with Gasteiger partial charge in [0.1, 0.15) is 6.10 Å². The van der Waals surface area contributed by atoms with Crippen LogP contribution in [0.5, 0.6) is 0 Å². The van der Waals surface area contributed by atoms with Crippen LogP contribution in [0.3, 0.4) is 0 Å². The standard InChI is InChI=1S/C13H22O3/c1-8-4-5-10(6-9(8)2)16-12-7-11(14)13(12)15-3/h8-10,12-13H,4-7H2,1-3H3. The van der Waals surface area contributed by atoms with Crippen LogP contribution in [0.25, 0.3) is 0 Å². The van der Waals surface area contributed by atoms with Crippen LogP contribution in [0.15, 0.2) is 0 Å². The second kappa shape index (κ2) is 4.84. The van der Waals surface area contributed by atoms with Crippen LogP contribution in [-0.4, -0.2) is 31.2 Å². The maximum atomic E-state index is 11.2. The highest BCUT2D eigenvalue weighted by Crippen LogP contribution is 2.34. The predicted octanol–water partition coefficient (Wildman–Crippen LogP) is 2.18. The number of hydrogen-bond acceptors (Lipinski definition) is 3. The van der Waals surface area contributed by atoms with E-state index in [4.69, 9.17) is 9.47 Å². The Balaban J connectivity index is 1.80. The zero-order valence-electron chi connectivity index (χ0n) is 10.4. The molecule has 2 rings (SSSR count). The van der Waals surface area contributed by atoms with Crippen molar-refractivity contribution in [3.05, 3.63) is 0 Å². The summed E-state index contributed by atoms with van der Waals surface area (Å²) in [5, 5.41) is 0. The van der Waals surface area contributed by atoms with E-state index in [-0.39, 0.29) is 18.0 Å². The lowest BCUT2D eigenvalue weighted by Crippen LogP contribution is -2.51. The van der Waals surface area contributed by atoms with Gasteiger partial charge in [-0.2, -0.15) is 0 Å². The largest absolute Gasteiger partial charge is 0.371 e. The molecule has 0 amide bonds. The van der Waals surface area contributed by atoms with Gasteiger partial charge in [-0.3, -0.25) is 4.79 Å². The van der Waals surface area contributed by atoms with Gasteiger partial charge in [-0.1, -0.05) is 13.8 Å². The zero-order valence-corrected chi connectivity index (χ0v) is 10.4. The molecule has 0 aromatic carbocycles. The minimum absolute atomic E-state index is 0.0168. The Morgan fingerprint density at radius 1 is 1.19 bits per heavy atom. The fourth-order valence-corrected chi connectivity index (χ4v) is 2.74. The fourth-order valence-electron chi connectivity index (χ4n) is 2.74. The number of methoxy groups -OCH3 is 1. The first-order valence-corrected chi connectivity index (χ1v) is 6.32. The van der Waals surface area contributed by atoms with E-state index in [0.29, 0.717) is 12.5 Å². The Bertz CT molecular complexity index is 264. The molecule has 0 aromatic heterocycles. The smallest absolute Gasteiger partial charge is 0.166 e. The molecule has 3 heteroatoms. The molecule has 0 radical (unpaired) electrons. The van der Waals surface area contributed by atoms with Crippen LogP contribution in [0.2, 0.25) is 0 Å². The highest BCUT2D eigenvalue weighted by molar-refractivity contribution is 5.90. The third-order valence-electron chi connectivity index (χ3n) is 4.23. The molecule has 3 nitrogen and oxygen atoms in total. The first kappa shape index (κ1) is 12.1. The lowest BCUT2D eigenvalue weighted by atomic mass is 9.80. The molecule has 16 heavy (non-hydrogen) atoms. The Kier molecular flexibility index (Phi) is 3.65. The van der Waals surface area contributed by atoms with Crippen molar-refractivity contribution < 1.29 is 14.3 Å². The highest BCUT2D eigenvalue weighted by atomic mass is 16.5. The average Bonchev–Trinajstić information content (AvgIpc) is 2.23. The summed E-state index contributed by atoms with van der Waals surface area (Å²) < 4.78 is 11.1. The zero-order chi connectivity index (χ0) is 11.7. The maximum Gasteiger partial charge on any atom is 0.166 e. The van der Waals surface area contributed by atoms with Crippen LogP contribution < -0.4 is 0 Å². The average molecular weight is 226 g/mol. The van der Waals surface area contributed by atoms with Crippen LogP contribution in [0, 0.1) is 11.8 Å². The second-order valence-corrected chi connectivity index (χ2v) is 5.39. The summed E-state index contributed by atoms with van der Waals surface area (Å²) in [5.41, 5.74) is 0. The van der Waals surface area contributed by atoms with E-state index in [1.165, 1.54) is 6.42 Å². The van der Waals surface area contributed by atoms with Crippen molar-refractivity contribution in [2.45, 2.75) is 57.8 Å². The number of Topliss-reactive ketones (excluding diaryl/α,β-unsaturated/α-hetero) is 1. The van der Waals surface area contributed by atoms with Gasteiger partial charge in [0, 0.05) is 13.5 Å². The number of rotatable bonds is 3. The van der Waals surface area contributed by atoms with Crippen LogP contribution in [0.1, 0.15) is 39.5 Å². The van der Waals surface area contributed by atoms with Crippen molar-refractivity contribution in [1.82, 2.24) is 0 Å². The number of hydrogen-bond donors (Lipinski definition) is 0. The van der Waals surface area contributed by atoms with Crippen molar-refractivity contribution in [3.63, 3.8) is 0 Å². The number of carbonyl (C=O) groups excluding carboxylic acids is 1. The molecule has 0 aliphatic heterocycles. The molecule has 0 N–H and O–H groups in total. The summed E-state index contributed by atoms with van der Waals surface area (Å²) in [4.78, 5) is 11.2. The molecule has 2 aliphatic carbocycles. The maximum absolute atomic E-state index is 11.2. The van der Waals surface area contributed by atoms with Gasteiger partial charge in [-0.05, 0) is 31.1 Å². The summed E-state index contributed by atoms with van der Waals surface area (Å²) in [5.74, 6) is 1.72. The van der Waals surface area contributed by atoms with Crippen LogP contribution in [0.4, 0.5) is 0 Å². The monoisotopic (exact) mass is 226 g/mol. The number of carbonyl (C=O) groups is 1.